The third-order valence-electron chi connectivity index (χ3n) is 2.93. The second-order valence-corrected chi connectivity index (χ2v) is 5.49. The van der Waals surface area contributed by atoms with E-state index in [9.17, 15) is 4.79 Å². The minimum Gasteiger partial charge on any atom is -0.356 e. The van der Waals surface area contributed by atoms with E-state index in [1.54, 1.807) is 0 Å². The van der Waals surface area contributed by atoms with Gasteiger partial charge in [-0.25, -0.2) is 0 Å². The molecule has 0 spiro atoms. The van der Waals surface area contributed by atoms with Crippen molar-refractivity contribution in [1.29, 1.82) is 0 Å². The number of para-hydroxylation sites is 2. The maximum Gasteiger partial charge on any atom is 0.230 e. The van der Waals surface area contributed by atoms with Crippen LogP contribution in [-0.2, 0) is 11.2 Å². The van der Waals surface area contributed by atoms with Crippen molar-refractivity contribution in [3.8, 4) is 0 Å². The summed E-state index contributed by atoms with van der Waals surface area (Å²) in [5, 5.41) is 7.73. The number of halogens is 1. The van der Waals surface area contributed by atoms with E-state index in [0.29, 0.717) is 11.3 Å². The van der Waals surface area contributed by atoms with Gasteiger partial charge in [-0.2, -0.15) is 0 Å². The van der Waals surface area contributed by atoms with Crippen LogP contribution in [0.1, 0.15) is 5.69 Å². The monoisotopic (exact) mass is 378 g/mol. The normalized spacial score (nSPS) is 10.7. The van der Waals surface area contributed by atoms with E-state index >= 15 is 0 Å². The Morgan fingerprint density at radius 2 is 1.90 bits per heavy atom. The third kappa shape index (κ3) is 2.67. The number of amides is 1. The minimum absolute atomic E-state index is 0.104. The van der Waals surface area contributed by atoms with E-state index in [-0.39, 0.29) is 12.3 Å². The van der Waals surface area contributed by atoms with Crippen LogP contribution in [0.5, 0.6) is 0 Å². The van der Waals surface area contributed by atoms with Gasteiger partial charge in [0.15, 0.2) is 5.58 Å². The maximum absolute atomic E-state index is 12.1. The highest BCUT2D eigenvalue weighted by atomic mass is 127. The van der Waals surface area contributed by atoms with Crippen LogP contribution in [0.4, 0.5) is 5.69 Å². The van der Waals surface area contributed by atoms with E-state index in [1.165, 1.54) is 0 Å². The number of fused-ring (bicyclic) bond motifs is 1. The molecule has 2 aromatic carbocycles. The molecule has 1 amide bonds. The van der Waals surface area contributed by atoms with Crippen molar-refractivity contribution in [1.82, 2.24) is 5.16 Å². The van der Waals surface area contributed by atoms with Crippen molar-refractivity contribution in [2.75, 3.05) is 5.32 Å². The van der Waals surface area contributed by atoms with Crippen molar-refractivity contribution in [3.63, 3.8) is 0 Å². The van der Waals surface area contributed by atoms with Gasteiger partial charge in [-0.3, -0.25) is 4.79 Å². The number of nitrogens with zero attached hydrogens (tertiary/aromatic N) is 1. The number of aromatic nitrogens is 1. The summed E-state index contributed by atoms with van der Waals surface area (Å²) >= 11 is 2.19. The molecule has 4 nitrogen and oxygen atoms in total. The Balaban J connectivity index is 1.78. The fourth-order valence-electron chi connectivity index (χ4n) is 1.97. The maximum atomic E-state index is 12.1. The topological polar surface area (TPSA) is 55.1 Å². The van der Waals surface area contributed by atoms with Gasteiger partial charge in [0, 0.05) is 8.96 Å². The van der Waals surface area contributed by atoms with Crippen LogP contribution in [-0.4, -0.2) is 11.1 Å². The van der Waals surface area contributed by atoms with Gasteiger partial charge in [-0.15, -0.1) is 0 Å². The number of anilines is 1. The zero-order chi connectivity index (χ0) is 13.9. The second-order valence-electron chi connectivity index (χ2n) is 4.33. The van der Waals surface area contributed by atoms with Crippen molar-refractivity contribution in [2.24, 2.45) is 0 Å². The van der Waals surface area contributed by atoms with Crippen LogP contribution in [0.3, 0.4) is 0 Å². The van der Waals surface area contributed by atoms with Gasteiger partial charge >= 0.3 is 0 Å². The van der Waals surface area contributed by atoms with Crippen LogP contribution < -0.4 is 5.32 Å². The lowest BCUT2D eigenvalue weighted by Gasteiger charge is -2.05. The molecule has 1 N–H and O–H groups in total. The molecule has 0 saturated carbocycles. The first-order valence-electron chi connectivity index (χ1n) is 6.12. The lowest BCUT2D eigenvalue weighted by atomic mass is 10.1. The molecule has 0 aliphatic rings. The van der Waals surface area contributed by atoms with Gasteiger partial charge in [-0.05, 0) is 46.9 Å². The summed E-state index contributed by atoms with van der Waals surface area (Å²) in [5.41, 5.74) is 2.17. The molecule has 0 saturated heterocycles. The quantitative estimate of drug-likeness (QED) is 0.709. The van der Waals surface area contributed by atoms with E-state index in [2.05, 4.69) is 33.1 Å². The third-order valence-corrected chi connectivity index (χ3v) is 3.87. The lowest BCUT2D eigenvalue weighted by molar-refractivity contribution is -0.115. The fourth-order valence-corrected chi connectivity index (χ4v) is 2.50. The Morgan fingerprint density at radius 1 is 1.15 bits per heavy atom. The SMILES string of the molecule is O=C(Cc1noc2ccccc12)Nc1ccccc1I. The highest BCUT2D eigenvalue weighted by molar-refractivity contribution is 14.1. The van der Waals surface area contributed by atoms with Crippen molar-refractivity contribution >= 4 is 45.2 Å². The number of benzene rings is 2. The molecular weight excluding hydrogens is 367 g/mol. The van der Waals surface area contributed by atoms with E-state index in [0.717, 1.165) is 14.6 Å². The molecular formula is C15H11IN2O2. The molecule has 3 aromatic rings. The molecule has 1 aromatic heterocycles. The highest BCUT2D eigenvalue weighted by Crippen LogP contribution is 2.20. The van der Waals surface area contributed by atoms with Gasteiger partial charge in [0.2, 0.25) is 5.91 Å². The summed E-state index contributed by atoms with van der Waals surface area (Å²) in [6.45, 7) is 0. The fraction of sp³-hybridized carbons (Fsp3) is 0.0667. The van der Waals surface area contributed by atoms with Crippen LogP contribution in [0, 0.1) is 3.57 Å². The Kier molecular flexibility index (Phi) is 3.68. The summed E-state index contributed by atoms with van der Waals surface area (Å²) in [7, 11) is 0. The summed E-state index contributed by atoms with van der Waals surface area (Å²) in [5.74, 6) is -0.104. The van der Waals surface area contributed by atoms with Gasteiger partial charge in [-0.1, -0.05) is 29.4 Å². The summed E-state index contributed by atoms with van der Waals surface area (Å²) in [6.07, 6.45) is 0.196. The van der Waals surface area contributed by atoms with Crippen LogP contribution in [0.2, 0.25) is 0 Å². The first-order valence-corrected chi connectivity index (χ1v) is 7.19. The molecule has 0 aliphatic heterocycles. The number of carbonyl (C=O) groups is 1. The van der Waals surface area contributed by atoms with Gasteiger partial charge < -0.3 is 9.84 Å². The number of hydrogen-bond acceptors (Lipinski definition) is 3. The zero-order valence-electron chi connectivity index (χ0n) is 10.5. The van der Waals surface area contributed by atoms with Crippen LogP contribution in [0.15, 0.2) is 53.1 Å². The standard InChI is InChI=1S/C15H11IN2O2/c16-11-6-2-3-7-12(11)17-15(19)9-13-10-5-1-4-8-14(10)20-18-13/h1-8H,9H2,(H,17,19). The predicted molar refractivity (Wildman–Crippen MR) is 85.5 cm³/mol. The molecule has 3 rings (SSSR count). The van der Waals surface area contributed by atoms with Crippen LogP contribution >= 0.6 is 22.6 Å². The smallest absolute Gasteiger partial charge is 0.230 e. The van der Waals surface area contributed by atoms with E-state index in [4.69, 9.17) is 4.52 Å². The lowest BCUT2D eigenvalue weighted by Crippen LogP contribution is -2.15. The van der Waals surface area contributed by atoms with Crippen LogP contribution in [0.25, 0.3) is 11.0 Å². The van der Waals surface area contributed by atoms with Crippen molar-refractivity contribution in [3.05, 3.63) is 57.8 Å². The van der Waals surface area contributed by atoms with E-state index < -0.39 is 0 Å². The minimum atomic E-state index is -0.104. The molecule has 0 atom stereocenters. The zero-order valence-corrected chi connectivity index (χ0v) is 12.6. The molecule has 1 heterocycles. The molecule has 0 aliphatic carbocycles. The summed E-state index contributed by atoms with van der Waals surface area (Å²) in [4.78, 5) is 12.1. The molecule has 0 bridgehead atoms. The predicted octanol–water partition coefficient (Wildman–Crippen LogP) is 3.61. The van der Waals surface area contributed by atoms with Gasteiger partial charge in [0.25, 0.3) is 0 Å². The largest absolute Gasteiger partial charge is 0.356 e. The first kappa shape index (κ1) is 13.1. The van der Waals surface area contributed by atoms with Crippen molar-refractivity contribution in [2.45, 2.75) is 6.42 Å². The molecule has 0 fully saturated rings. The molecule has 0 radical (unpaired) electrons. The number of hydrogen-bond donors (Lipinski definition) is 1. The average molecular weight is 378 g/mol. The highest BCUT2D eigenvalue weighted by Gasteiger charge is 2.12. The number of nitrogens with one attached hydrogen (secondary N) is 1. The second kappa shape index (κ2) is 5.62. The van der Waals surface area contributed by atoms with E-state index in [1.807, 2.05) is 48.5 Å². The van der Waals surface area contributed by atoms with Gasteiger partial charge in [0.05, 0.1) is 12.1 Å². The average Bonchev–Trinajstić information content (AvgIpc) is 2.85. The molecule has 0 unspecified atom stereocenters. The molecule has 100 valence electrons. The molecule has 5 heteroatoms. The first-order chi connectivity index (χ1) is 9.74. The Bertz CT molecular complexity index is 767. The summed E-state index contributed by atoms with van der Waals surface area (Å²) in [6, 6.07) is 15.2. The Morgan fingerprint density at radius 3 is 2.75 bits per heavy atom. The number of rotatable bonds is 3. The summed E-state index contributed by atoms with van der Waals surface area (Å²) < 4.78 is 6.20. The Labute approximate surface area is 129 Å². The number of carbonyl (C=O) groups excluding carboxylic acids is 1. The Hall–Kier alpha value is -1.89. The van der Waals surface area contributed by atoms with Gasteiger partial charge in [0.1, 0.15) is 5.69 Å². The van der Waals surface area contributed by atoms with Crippen molar-refractivity contribution < 1.29 is 9.32 Å². The molecule has 20 heavy (non-hydrogen) atoms.